The number of piperazine rings is 1. The number of aliphatic imine (C=N–C) groups is 1. The van der Waals surface area contributed by atoms with Crippen molar-refractivity contribution in [3.05, 3.63) is 42.1 Å². The van der Waals surface area contributed by atoms with Crippen LogP contribution in [0.4, 0.5) is 17.3 Å². The maximum Gasteiger partial charge on any atom is 0.227 e. The van der Waals surface area contributed by atoms with Gasteiger partial charge in [-0.1, -0.05) is 6.92 Å². The molecule has 0 atom stereocenters. The number of rotatable bonds is 8. The molecule has 174 valence electrons. The minimum Gasteiger partial charge on any atom is -0.402 e. The first-order chi connectivity index (χ1) is 16.0. The second-order valence-corrected chi connectivity index (χ2v) is 9.14. The molecule has 6 N–H and O–H groups in total. The molecule has 0 unspecified atom stereocenters. The minimum absolute atomic E-state index is 0.0975. The number of carbonyl (C=O) groups is 1. The van der Waals surface area contributed by atoms with E-state index in [1.54, 1.807) is 6.08 Å². The average Bonchev–Trinajstić information content (AvgIpc) is 3.66. The summed E-state index contributed by atoms with van der Waals surface area (Å²) < 4.78 is 0. The highest BCUT2D eigenvalue weighted by molar-refractivity contribution is 7.99. The smallest absolute Gasteiger partial charge is 0.227 e. The third-order valence-electron chi connectivity index (χ3n) is 5.38. The molecule has 4 rings (SSSR count). The van der Waals surface area contributed by atoms with E-state index in [1.165, 1.54) is 11.8 Å². The number of nitrogens with zero attached hydrogens (tertiary/aromatic N) is 4. The van der Waals surface area contributed by atoms with Gasteiger partial charge in [0.15, 0.2) is 11.0 Å². The number of aromatic nitrogens is 2. The van der Waals surface area contributed by atoms with Crippen LogP contribution in [0.25, 0.3) is 0 Å². The monoisotopic (exact) mass is 466 g/mol. The SMILES string of the molecule is CCC(N)=CC(N)=Nc1cc(N2CCNCC2)nc(Sc2ccc(NC(=O)C3CC3)cc2)n1. The summed E-state index contributed by atoms with van der Waals surface area (Å²) in [5.74, 6) is 1.90. The fraction of sp³-hybridized carbons (Fsp3) is 0.391. The van der Waals surface area contributed by atoms with Crippen molar-refractivity contribution in [3.8, 4) is 0 Å². The zero-order valence-corrected chi connectivity index (χ0v) is 19.6. The van der Waals surface area contributed by atoms with Gasteiger partial charge in [0.1, 0.15) is 11.7 Å². The number of anilines is 2. The predicted molar refractivity (Wildman–Crippen MR) is 133 cm³/mol. The molecule has 2 fully saturated rings. The maximum absolute atomic E-state index is 12.0. The molecule has 2 aromatic rings. The van der Waals surface area contributed by atoms with Crippen molar-refractivity contribution in [1.82, 2.24) is 15.3 Å². The molecule has 1 aliphatic heterocycles. The molecule has 1 amide bonds. The van der Waals surface area contributed by atoms with Gasteiger partial charge in [0, 0.05) is 54.4 Å². The maximum atomic E-state index is 12.0. The highest BCUT2D eigenvalue weighted by atomic mass is 32.2. The summed E-state index contributed by atoms with van der Waals surface area (Å²) in [5.41, 5.74) is 13.4. The molecule has 1 aliphatic carbocycles. The van der Waals surface area contributed by atoms with Crippen LogP contribution in [0.2, 0.25) is 0 Å². The van der Waals surface area contributed by atoms with Crippen LogP contribution >= 0.6 is 11.8 Å². The molecule has 2 heterocycles. The number of nitrogens with one attached hydrogen (secondary N) is 2. The molecule has 10 heteroatoms. The molecule has 9 nitrogen and oxygen atoms in total. The van der Waals surface area contributed by atoms with Crippen LogP contribution in [-0.2, 0) is 4.79 Å². The molecule has 33 heavy (non-hydrogen) atoms. The van der Waals surface area contributed by atoms with E-state index in [9.17, 15) is 4.79 Å². The quantitative estimate of drug-likeness (QED) is 0.265. The van der Waals surface area contributed by atoms with Crippen molar-refractivity contribution >= 4 is 40.8 Å². The van der Waals surface area contributed by atoms with E-state index in [1.807, 2.05) is 37.3 Å². The first-order valence-electron chi connectivity index (χ1n) is 11.2. The van der Waals surface area contributed by atoms with E-state index in [4.69, 9.17) is 16.5 Å². The van der Waals surface area contributed by atoms with Crippen LogP contribution in [0.15, 0.2) is 57.1 Å². The number of nitrogens with two attached hydrogens (primary N) is 2. The van der Waals surface area contributed by atoms with Crippen molar-refractivity contribution in [2.75, 3.05) is 36.4 Å². The largest absolute Gasteiger partial charge is 0.402 e. The lowest BCUT2D eigenvalue weighted by atomic mass is 10.3. The van der Waals surface area contributed by atoms with Crippen LogP contribution in [0.1, 0.15) is 26.2 Å². The van der Waals surface area contributed by atoms with Crippen LogP contribution in [-0.4, -0.2) is 47.9 Å². The van der Waals surface area contributed by atoms with E-state index >= 15 is 0 Å². The van der Waals surface area contributed by atoms with Gasteiger partial charge in [0.2, 0.25) is 5.91 Å². The number of carbonyl (C=O) groups excluding carboxylic acids is 1. The fourth-order valence-electron chi connectivity index (χ4n) is 3.32. The first-order valence-corrected chi connectivity index (χ1v) is 12.1. The predicted octanol–water partition coefficient (Wildman–Crippen LogP) is 2.63. The van der Waals surface area contributed by atoms with Gasteiger partial charge in [-0.25, -0.2) is 15.0 Å². The van der Waals surface area contributed by atoms with Crippen molar-refractivity contribution in [2.45, 2.75) is 36.2 Å². The number of benzene rings is 1. The van der Waals surface area contributed by atoms with Crippen molar-refractivity contribution in [3.63, 3.8) is 0 Å². The average molecular weight is 467 g/mol. The van der Waals surface area contributed by atoms with Gasteiger partial charge in [-0.05, 0) is 61.4 Å². The molecular weight excluding hydrogens is 436 g/mol. The summed E-state index contributed by atoms with van der Waals surface area (Å²) >= 11 is 1.44. The summed E-state index contributed by atoms with van der Waals surface area (Å²) in [4.78, 5) is 29.0. The topological polar surface area (TPSA) is 135 Å². The Morgan fingerprint density at radius 2 is 1.97 bits per heavy atom. The normalized spacial score (nSPS) is 17.2. The van der Waals surface area contributed by atoms with E-state index < -0.39 is 0 Å². The van der Waals surface area contributed by atoms with E-state index in [2.05, 4.69) is 25.5 Å². The Morgan fingerprint density at radius 3 is 2.64 bits per heavy atom. The van der Waals surface area contributed by atoms with Gasteiger partial charge >= 0.3 is 0 Å². The molecule has 2 aliphatic rings. The summed E-state index contributed by atoms with van der Waals surface area (Å²) in [6, 6.07) is 9.57. The molecule has 0 radical (unpaired) electrons. The minimum atomic E-state index is 0.0975. The number of allylic oxidation sites excluding steroid dienone is 1. The molecule has 1 aromatic carbocycles. The first kappa shape index (κ1) is 23.1. The third kappa shape index (κ3) is 6.69. The number of hydrogen-bond donors (Lipinski definition) is 4. The number of amides is 1. The summed E-state index contributed by atoms with van der Waals surface area (Å²) in [5, 5.41) is 6.90. The standard InChI is InChI=1S/C23H30N8OS/c1-2-16(24)13-19(25)28-20-14-21(31-11-9-26-10-12-31)30-23(29-20)33-18-7-5-17(6-8-18)27-22(32)15-3-4-15/h5-8,13-15,26H,2-4,9-12,24H2,1H3,(H,27,32)(H2,25,28,29,30). The van der Waals surface area contributed by atoms with Crippen molar-refractivity contribution < 1.29 is 4.79 Å². The van der Waals surface area contributed by atoms with Crippen molar-refractivity contribution in [2.24, 2.45) is 22.4 Å². The van der Waals surface area contributed by atoms with Gasteiger partial charge < -0.3 is 27.0 Å². The zero-order valence-electron chi connectivity index (χ0n) is 18.8. The Bertz CT molecular complexity index is 1040. The lowest BCUT2D eigenvalue weighted by molar-refractivity contribution is -0.117. The number of hydrogen-bond acceptors (Lipinski definition) is 8. The van der Waals surface area contributed by atoms with Crippen LogP contribution < -0.4 is 27.0 Å². The second-order valence-electron chi connectivity index (χ2n) is 8.10. The van der Waals surface area contributed by atoms with Crippen molar-refractivity contribution in [1.29, 1.82) is 0 Å². The Balaban J connectivity index is 1.55. The Labute approximate surface area is 198 Å². The molecule has 1 saturated heterocycles. The van der Waals surface area contributed by atoms with Crippen LogP contribution in [0.5, 0.6) is 0 Å². The van der Waals surface area contributed by atoms with Gasteiger partial charge in [-0.15, -0.1) is 0 Å². The highest BCUT2D eigenvalue weighted by Gasteiger charge is 2.29. The highest BCUT2D eigenvalue weighted by Crippen LogP contribution is 2.32. The Kier molecular flexibility index (Phi) is 7.46. The molecule has 0 spiro atoms. The lowest BCUT2D eigenvalue weighted by Gasteiger charge is -2.28. The molecule has 0 bridgehead atoms. The summed E-state index contributed by atoms with van der Waals surface area (Å²) in [7, 11) is 0. The van der Waals surface area contributed by atoms with Gasteiger partial charge in [0.25, 0.3) is 0 Å². The second kappa shape index (κ2) is 10.7. The summed E-state index contributed by atoms with van der Waals surface area (Å²) in [6.45, 7) is 5.48. The van der Waals surface area contributed by atoms with E-state index in [0.717, 1.165) is 55.4 Å². The van der Waals surface area contributed by atoms with Crippen LogP contribution in [0, 0.1) is 5.92 Å². The van der Waals surface area contributed by atoms with E-state index in [-0.39, 0.29) is 11.8 Å². The molecule has 1 saturated carbocycles. The third-order valence-corrected chi connectivity index (χ3v) is 6.26. The molecule has 1 aromatic heterocycles. The van der Waals surface area contributed by atoms with E-state index in [0.29, 0.717) is 28.9 Å². The van der Waals surface area contributed by atoms with Crippen LogP contribution in [0.3, 0.4) is 0 Å². The Morgan fingerprint density at radius 1 is 1.24 bits per heavy atom. The van der Waals surface area contributed by atoms with Gasteiger partial charge in [-0.3, -0.25) is 4.79 Å². The zero-order chi connectivity index (χ0) is 23.2. The lowest BCUT2D eigenvalue weighted by Crippen LogP contribution is -2.43. The molecular formula is C23H30N8OS. The summed E-state index contributed by atoms with van der Waals surface area (Å²) in [6.07, 6.45) is 4.33. The Hall–Kier alpha value is -3.11. The van der Waals surface area contributed by atoms with Gasteiger partial charge in [0.05, 0.1) is 0 Å². The number of amidine groups is 1. The van der Waals surface area contributed by atoms with Gasteiger partial charge in [-0.2, -0.15) is 0 Å². The fourth-order valence-corrected chi connectivity index (χ4v) is 4.08.